The average Bonchev–Trinajstić information content (AvgIpc) is 2.37. The van der Waals surface area contributed by atoms with Gasteiger partial charge in [0.15, 0.2) is 5.78 Å². The molecule has 0 bridgehead atoms. The van der Waals surface area contributed by atoms with Gasteiger partial charge in [-0.1, -0.05) is 30.3 Å². The van der Waals surface area contributed by atoms with Crippen molar-refractivity contribution in [2.75, 3.05) is 6.54 Å². The number of carbonyl (C=O) groups excluding carboxylic acids is 2. The zero-order valence-corrected chi connectivity index (χ0v) is 12.7. The third-order valence-electron chi connectivity index (χ3n) is 2.56. The van der Waals surface area contributed by atoms with E-state index in [1.807, 2.05) is 30.3 Å². The highest BCUT2D eigenvalue weighted by Crippen LogP contribution is 2.06. The Hall–Kier alpha value is -1.92. The predicted molar refractivity (Wildman–Crippen MR) is 80.5 cm³/mol. The molecule has 0 radical (unpaired) electrons. The van der Waals surface area contributed by atoms with Gasteiger partial charge in [-0.25, -0.2) is 10.2 Å². The van der Waals surface area contributed by atoms with Gasteiger partial charge in [-0.05, 0) is 32.8 Å². The molecule has 21 heavy (non-hydrogen) atoms. The summed E-state index contributed by atoms with van der Waals surface area (Å²) in [6.45, 7) is 5.22. The minimum Gasteiger partial charge on any atom is -0.443 e. The highest BCUT2D eigenvalue weighted by atomic mass is 16.6. The highest BCUT2D eigenvalue weighted by molar-refractivity contribution is 5.86. The van der Waals surface area contributed by atoms with Gasteiger partial charge in [-0.15, -0.1) is 0 Å². The Morgan fingerprint density at radius 3 is 2.43 bits per heavy atom. The number of carbonyl (C=O) groups is 2. The van der Waals surface area contributed by atoms with E-state index in [4.69, 9.17) is 10.5 Å². The first kappa shape index (κ1) is 17.1. The zero-order valence-electron chi connectivity index (χ0n) is 12.7. The van der Waals surface area contributed by atoms with Crippen molar-refractivity contribution in [3.05, 3.63) is 35.9 Å². The second-order valence-corrected chi connectivity index (χ2v) is 5.74. The largest absolute Gasteiger partial charge is 0.443 e. The first-order chi connectivity index (χ1) is 9.78. The van der Waals surface area contributed by atoms with Crippen LogP contribution in [-0.2, 0) is 16.0 Å². The third kappa shape index (κ3) is 7.43. The Morgan fingerprint density at radius 1 is 1.24 bits per heavy atom. The lowest BCUT2D eigenvalue weighted by atomic mass is 10.0. The quantitative estimate of drug-likeness (QED) is 0.684. The number of amides is 1. The summed E-state index contributed by atoms with van der Waals surface area (Å²) >= 11 is 0. The molecular formula is C15H23N3O3. The lowest BCUT2D eigenvalue weighted by molar-refractivity contribution is -0.119. The summed E-state index contributed by atoms with van der Waals surface area (Å²) < 4.78 is 5.02. The molecular weight excluding hydrogens is 270 g/mol. The summed E-state index contributed by atoms with van der Waals surface area (Å²) in [5, 5.41) is 0. The third-order valence-corrected chi connectivity index (χ3v) is 2.56. The smallest absolute Gasteiger partial charge is 0.422 e. The van der Waals surface area contributed by atoms with Crippen LogP contribution in [0.25, 0.3) is 0 Å². The number of hydrogen-bond acceptors (Lipinski definition) is 5. The van der Waals surface area contributed by atoms with E-state index >= 15 is 0 Å². The molecule has 1 atom stereocenters. The Kier molecular flexibility index (Phi) is 6.33. The van der Waals surface area contributed by atoms with Crippen molar-refractivity contribution in [1.29, 1.82) is 0 Å². The van der Waals surface area contributed by atoms with Gasteiger partial charge in [0.2, 0.25) is 0 Å². The molecule has 0 aliphatic carbocycles. The van der Waals surface area contributed by atoms with Crippen LogP contribution in [-0.4, -0.2) is 30.1 Å². The fourth-order valence-corrected chi connectivity index (χ4v) is 1.62. The van der Waals surface area contributed by atoms with Gasteiger partial charge < -0.3 is 10.5 Å². The normalized spacial score (nSPS) is 12.6. The Bertz CT molecular complexity index is 469. The summed E-state index contributed by atoms with van der Waals surface area (Å²) in [5.41, 5.74) is 11.1. The van der Waals surface area contributed by atoms with Crippen molar-refractivity contribution >= 4 is 11.9 Å². The number of ketones is 1. The zero-order chi connectivity index (χ0) is 15.9. The number of nitrogens with two attached hydrogens (primary N) is 1. The van der Waals surface area contributed by atoms with E-state index in [1.165, 1.54) is 0 Å². The molecule has 0 heterocycles. The SMILES string of the molecule is CC(C)(C)OC(=O)NNCC(=O)C(N)Cc1ccccc1. The summed E-state index contributed by atoms with van der Waals surface area (Å²) in [6.07, 6.45) is -0.166. The van der Waals surface area contributed by atoms with Crippen molar-refractivity contribution in [2.24, 2.45) is 5.73 Å². The fourth-order valence-electron chi connectivity index (χ4n) is 1.62. The van der Waals surface area contributed by atoms with Gasteiger partial charge in [0.05, 0.1) is 12.6 Å². The molecule has 0 aliphatic heterocycles. The molecule has 4 N–H and O–H groups in total. The van der Waals surface area contributed by atoms with Crippen LogP contribution in [0.15, 0.2) is 30.3 Å². The minimum atomic E-state index is -0.632. The molecule has 1 aromatic rings. The Morgan fingerprint density at radius 2 is 1.86 bits per heavy atom. The van der Waals surface area contributed by atoms with E-state index in [-0.39, 0.29) is 12.3 Å². The average molecular weight is 293 g/mol. The lowest BCUT2D eigenvalue weighted by Crippen LogP contribution is -2.47. The molecule has 6 nitrogen and oxygen atoms in total. The van der Waals surface area contributed by atoms with E-state index in [9.17, 15) is 9.59 Å². The van der Waals surface area contributed by atoms with Crippen molar-refractivity contribution in [2.45, 2.75) is 38.8 Å². The Labute approximate surface area is 125 Å². The first-order valence-electron chi connectivity index (χ1n) is 6.82. The van der Waals surface area contributed by atoms with Crippen LogP contribution in [0.1, 0.15) is 26.3 Å². The van der Waals surface area contributed by atoms with E-state index in [2.05, 4.69) is 10.9 Å². The standard InChI is InChI=1S/C15H23N3O3/c1-15(2,3)21-14(20)18-17-10-13(19)12(16)9-11-7-5-4-6-8-11/h4-8,12,17H,9-10,16H2,1-3H3,(H,18,20). The number of hydrogen-bond donors (Lipinski definition) is 3. The molecule has 1 unspecified atom stereocenters. The number of hydrazine groups is 1. The van der Waals surface area contributed by atoms with Crippen LogP contribution in [0.3, 0.4) is 0 Å². The van der Waals surface area contributed by atoms with Crippen LogP contribution in [0.5, 0.6) is 0 Å². The van der Waals surface area contributed by atoms with Crippen molar-refractivity contribution in [3.63, 3.8) is 0 Å². The molecule has 0 fully saturated rings. The number of Topliss-reactive ketones (excluding diaryl/α,β-unsaturated/α-hetero) is 1. The second-order valence-electron chi connectivity index (χ2n) is 5.74. The number of rotatable bonds is 6. The molecule has 1 rings (SSSR count). The van der Waals surface area contributed by atoms with E-state index in [0.717, 1.165) is 5.56 Å². The topological polar surface area (TPSA) is 93.5 Å². The van der Waals surface area contributed by atoms with Crippen LogP contribution >= 0.6 is 0 Å². The Balaban J connectivity index is 2.29. The molecule has 1 amide bonds. The maximum absolute atomic E-state index is 11.8. The second kappa shape index (κ2) is 7.75. The van der Waals surface area contributed by atoms with Crippen LogP contribution in [0.2, 0.25) is 0 Å². The van der Waals surface area contributed by atoms with Crippen LogP contribution in [0.4, 0.5) is 4.79 Å². The van der Waals surface area contributed by atoms with E-state index < -0.39 is 17.7 Å². The predicted octanol–water partition coefficient (Wildman–Crippen LogP) is 1.15. The maximum atomic E-state index is 11.8. The molecule has 0 aromatic heterocycles. The van der Waals surface area contributed by atoms with Gasteiger partial charge in [-0.2, -0.15) is 0 Å². The van der Waals surface area contributed by atoms with E-state index in [1.54, 1.807) is 20.8 Å². The summed E-state index contributed by atoms with van der Waals surface area (Å²) in [4.78, 5) is 23.2. The summed E-state index contributed by atoms with van der Waals surface area (Å²) in [7, 11) is 0. The lowest BCUT2D eigenvalue weighted by Gasteiger charge is -2.20. The fraction of sp³-hybridized carbons (Fsp3) is 0.467. The molecule has 0 spiro atoms. The van der Waals surface area contributed by atoms with Crippen molar-refractivity contribution in [3.8, 4) is 0 Å². The van der Waals surface area contributed by atoms with Gasteiger partial charge in [0.1, 0.15) is 5.60 Å². The van der Waals surface area contributed by atoms with E-state index in [0.29, 0.717) is 6.42 Å². The number of nitrogens with one attached hydrogen (secondary N) is 2. The molecule has 116 valence electrons. The highest BCUT2D eigenvalue weighted by Gasteiger charge is 2.17. The monoisotopic (exact) mass is 293 g/mol. The van der Waals surface area contributed by atoms with Gasteiger partial charge in [0, 0.05) is 0 Å². The first-order valence-corrected chi connectivity index (χ1v) is 6.82. The van der Waals surface area contributed by atoms with Crippen molar-refractivity contribution < 1.29 is 14.3 Å². The van der Waals surface area contributed by atoms with Crippen LogP contribution < -0.4 is 16.6 Å². The molecule has 0 saturated carbocycles. The number of benzene rings is 1. The van der Waals surface area contributed by atoms with Gasteiger partial charge in [-0.3, -0.25) is 10.2 Å². The molecule has 6 heteroatoms. The summed E-state index contributed by atoms with van der Waals surface area (Å²) in [5.74, 6) is -0.185. The molecule has 0 aliphatic rings. The maximum Gasteiger partial charge on any atom is 0.422 e. The minimum absolute atomic E-state index is 0.0484. The summed E-state index contributed by atoms with van der Waals surface area (Å²) in [6, 6.07) is 8.92. The molecule has 1 aromatic carbocycles. The van der Waals surface area contributed by atoms with Gasteiger partial charge >= 0.3 is 6.09 Å². The van der Waals surface area contributed by atoms with Crippen LogP contribution in [0, 0.1) is 0 Å². The molecule has 0 saturated heterocycles. The van der Waals surface area contributed by atoms with Gasteiger partial charge in [0.25, 0.3) is 0 Å². The number of ether oxygens (including phenoxy) is 1. The van der Waals surface area contributed by atoms with Crippen molar-refractivity contribution in [1.82, 2.24) is 10.9 Å².